The molecule has 7 heteroatoms. The number of ether oxygens (including phenoxy) is 1. The topological polar surface area (TPSA) is 87.7 Å². The van der Waals surface area contributed by atoms with Crippen molar-refractivity contribution in [2.45, 2.75) is 85.5 Å². The van der Waals surface area contributed by atoms with E-state index >= 15 is 0 Å². The number of nitrogens with zero attached hydrogens (tertiary/aromatic N) is 1. The lowest BCUT2D eigenvalue weighted by atomic mass is 9.92. The van der Waals surface area contributed by atoms with Crippen LogP contribution in [0.2, 0.25) is 0 Å². The summed E-state index contributed by atoms with van der Waals surface area (Å²) < 4.78 is 5.52. The number of hydrogen-bond donors (Lipinski definition) is 2. The summed E-state index contributed by atoms with van der Waals surface area (Å²) in [5.41, 5.74) is 4.28. The van der Waals surface area contributed by atoms with E-state index in [-0.39, 0.29) is 24.3 Å². The van der Waals surface area contributed by atoms with Crippen molar-refractivity contribution in [3.63, 3.8) is 0 Å². The number of para-hydroxylation sites is 1. The summed E-state index contributed by atoms with van der Waals surface area (Å²) in [5, 5.41) is 5.88. The number of nitrogens with one attached hydrogen (secondary N) is 2. The van der Waals surface area contributed by atoms with Gasteiger partial charge in [-0.05, 0) is 89.3 Å². The Kier molecular flexibility index (Phi) is 10.3. The van der Waals surface area contributed by atoms with E-state index in [0.29, 0.717) is 5.69 Å². The number of alkyl carbamates (subject to hydrolysis) is 1. The molecular formula is C34H43N3O4. The molecule has 2 atom stereocenters. The molecule has 0 saturated carbocycles. The number of hydrogen-bond acceptors (Lipinski definition) is 4. The monoisotopic (exact) mass is 557 g/mol. The Morgan fingerprint density at radius 2 is 1.37 bits per heavy atom. The van der Waals surface area contributed by atoms with Gasteiger partial charge in [0.25, 0.3) is 5.91 Å². The van der Waals surface area contributed by atoms with E-state index in [1.54, 1.807) is 25.7 Å². The smallest absolute Gasteiger partial charge is 0.408 e. The highest BCUT2D eigenvalue weighted by Crippen LogP contribution is 2.32. The third kappa shape index (κ3) is 8.43. The Hall–Kier alpha value is -4.13. The van der Waals surface area contributed by atoms with Gasteiger partial charge in [0.05, 0.1) is 0 Å². The van der Waals surface area contributed by atoms with E-state index in [0.717, 1.165) is 27.8 Å². The molecule has 218 valence electrons. The number of carbonyl (C=O) groups is 3. The van der Waals surface area contributed by atoms with Crippen molar-refractivity contribution in [1.29, 1.82) is 0 Å². The normalized spacial score (nSPS) is 12.8. The van der Waals surface area contributed by atoms with E-state index in [1.807, 2.05) is 107 Å². The molecule has 0 radical (unpaired) electrons. The molecule has 3 rings (SSSR count). The second-order valence-electron chi connectivity index (χ2n) is 11.7. The standard InChI is InChI=1S/C34H43N3O4/c1-22(2)37(32(39)28(21-26-18-10-9-11-19-26)36-33(40)41-34(6,7)8)30(29-24(4)16-14-17-25(29)5)31(38)35-27-20-13-12-15-23(27)3/h9-20,22,28,30H,21H2,1-8H3,(H,35,38)(H,36,40). The molecule has 0 aromatic heterocycles. The van der Waals surface area contributed by atoms with Crippen molar-refractivity contribution in [1.82, 2.24) is 10.2 Å². The van der Waals surface area contributed by atoms with Gasteiger partial charge in [-0.3, -0.25) is 9.59 Å². The average Bonchev–Trinajstić information content (AvgIpc) is 2.88. The first-order valence-electron chi connectivity index (χ1n) is 14.1. The van der Waals surface area contributed by atoms with Crippen LogP contribution in [0.25, 0.3) is 0 Å². The summed E-state index contributed by atoms with van der Waals surface area (Å²) in [6.45, 7) is 14.9. The number of benzene rings is 3. The maximum absolute atomic E-state index is 14.5. The molecule has 0 fully saturated rings. The van der Waals surface area contributed by atoms with Crippen molar-refractivity contribution in [3.05, 3.63) is 101 Å². The second kappa shape index (κ2) is 13.5. The van der Waals surface area contributed by atoms with Gasteiger partial charge in [-0.25, -0.2) is 4.79 Å². The van der Waals surface area contributed by atoms with Gasteiger partial charge in [-0.15, -0.1) is 0 Å². The largest absolute Gasteiger partial charge is 0.444 e. The SMILES string of the molecule is Cc1ccccc1NC(=O)C(c1c(C)cccc1C)N(C(=O)C(Cc1ccccc1)NC(=O)OC(C)(C)C)C(C)C. The number of anilines is 1. The summed E-state index contributed by atoms with van der Waals surface area (Å²) in [4.78, 5) is 43.2. The number of carbonyl (C=O) groups excluding carboxylic acids is 3. The number of rotatable bonds is 9. The first kappa shape index (κ1) is 31.4. The van der Waals surface area contributed by atoms with Crippen LogP contribution in [0.15, 0.2) is 72.8 Å². The molecule has 3 aromatic carbocycles. The summed E-state index contributed by atoms with van der Waals surface area (Å²) in [6, 6.07) is 20.6. The van der Waals surface area contributed by atoms with Crippen LogP contribution in [0.3, 0.4) is 0 Å². The van der Waals surface area contributed by atoms with Crippen LogP contribution < -0.4 is 10.6 Å². The van der Waals surface area contributed by atoms with Gasteiger partial charge in [0.1, 0.15) is 17.7 Å². The van der Waals surface area contributed by atoms with Gasteiger partial charge >= 0.3 is 6.09 Å². The predicted octanol–water partition coefficient (Wildman–Crippen LogP) is 6.66. The predicted molar refractivity (Wildman–Crippen MR) is 164 cm³/mol. The highest BCUT2D eigenvalue weighted by atomic mass is 16.6. The maximum atomic E-state index is 14.5. The summed E-state index contributed by atoms with van der Waals surface area (Å²) >= 11 is 0. The molecule has 0 aliphatic heterocycles. The van der Waals surface area contributed by atoms with Crippen molar-refractivity contribution < 1.29 is 19.1 Å². The zero-order valence-corrected chi connectivity index (χ0v) is 25.4. The zero-order chi connectivity index (χ0) is 30.3. The van der Waals surface area contributed by atoms with E-state index in [4.69, 9.17) is 4.74 Å². The zero-order valence-electron chi connectivity index (χ0n) is 25.4. The molecule has 0 spiro atoms. The van der Waals surface area contributed by atoms with Crippen molar-refractivity contribution in [3.8, 4) is 0 Å². The first-order valence-corrected chi connectivity index (χ1v) is 14.1. The van der Waals surface area contributed by atoms with Crippen LogP contribution in [0.4, 0.5) is 10.5 Å². The van der Waals surface area contributed by atoms with E-state index in [2.05, 4.69) is 10.6 Å². The molecule has 0 saturated heterocycles. The molecule has 7 nitrogen and oxygen atoms in total. The Morgan fingerprint density at radius 1 is 0.805 bits per heavy atom. The van der Waals surface area contributed by atoms with Crippen LogP contribution in [-0.2, 0) is 20.7 Å². The molecule has 0 heterocycles. The Bertz CT molecular complexity index is 1340. The molecule has 3 amide bonds. The second-order valence-corrected chi connectivity index (χ2v) is 11.7. The fourth-order valence-electron chi connectivity index (χ4n) is 4.93. The van der Waals surface area contributed by atoms with Gasteiger partial charge in [-0.2, -0.15) is 0 Å². The quantitative estimate of drug-likeness (QED) is 0.308. The molecule has 3 aromatic rings. The van der Waals surface area contributed by atoms with Crippen LogP contribution in [0.5, 0.6) is 0 Å². The van der Waals surface area contributed by atoms with E-state index < -0.39 is 23.8 Å². The molecule has 0 aliphatic carbocycles. The van der Waals surface area contributed by atoms with Crippen molar-refractivity contribution in [2.24, 2.45) is 0 Å². The third-order valence-corrected chi connectivity index (χ3v) is 6.83. The summed E-state index contributed by atoms with van der Waals surface area (Å²) in [7, 11) is 0. The number of aryl methyl sites for hydroxylation is 3. The molecule has 0 aliphatic rings. The maximum Gasteiger partial charge on any atom is 0.408 e. The minimum absolute atomic E-state index is 0.237. The fourth-order valence-corrected chi connectivity index (χ4v) is 4.93. The van der Waals surface area contributed by atoms with Gasteiger partial charge in [0.2, 0.25) is 5.91 Å². The molecular weight excluding hydrogens is 514 g/mol. The lowest BCUT2D eigenvalue weighted by Gasteiger charge is -2.38. The Balaban J connectivity index is 2.11. The molecule has 0 bridgehead atoms. The van der Waals surface area contributed by atoms with Crippen molar-refractivity contribution >= 4 is 23.6 Å². The minimum atomic E-state index is -0.965. The Morgan fingerprint density at radius 3 is 1.93 bits per heavy atom. The van der Waals surface area contributed by atoms with E-state index in [9.17, 15) is 14.4 Å². The van der Waals surface area contributed by atoms with Crippen LogP contribution in [0, 0.1) is 20.8 Å². The van der Waals surface area contributed by atoms with Crippen molar-refractivity contribution in [2.75, 3.05) is 5.32 Å². The molecule has 2 unspecified atom stereocenters. The summed E-state index contributed by atoms with van der Waals surface area (Å²) in [6.07, 6.45) is -0.454. The van der Waals surface area contributed by atoms with Crippen LogP contribution in [-0.4, -0.2) is 40.5 Å². The first-order chi connectivity index (χ1) is 19.3. The third-order valence-electron chi connectivity index (χ3n) is 6.83. The van der Waals surface area contributed by atoms with Gasteiger partial charge in [0, 0.05) is 18.2 Å². The lowest BCUT2D eigenvalue weighted by Crippen LogP contribution is -2.55. The number of amides is 3. The van der Waals surface area contributed by atoms with Crippen LogP contribution >= 0.6 is 0 Å². The van der Waals surface area contributed by atoms with Gasteiger partial charge in [0.15, 0.2) is 0 Å². The fraction of sp³-hybridized carbons (Fsp3) is 0.382. The van der Waals surface area contributed by atoms with E-state index in [1.165, 1.54) is 0 Å². The van der Waals surface area contributed by atoms with Gasteiger partial charge < -0.3 is 20.3 Å². The minimum Gasteiger partial charge on any atom is -0.444 e. The molecule has 41 heavy (non-hydrogen) atoms. The summed E-state index contributed by atoms with van der Waals surface area (Å²) in [5.74, 6) is -0.697. The van der Waals surface area contributed by atoms with Crippen LogP contribution in [0.1, 0.15) is 68.5 Å². The molecule has 2 N–H and O–H groups in total. The lowest BCUT2D eigenvalue weighted by molar-refractivity contribution is -0.143. The average molecular weight is 558 g/mol. The Labute approximate surface area is 244 Å². The highest BCUT2D eigenvalue weighted by molar-refractivity contribution is 6.00. The highest BCUT2D eigenvalue weighted by Gasteiger charge is 2.39. The van der Waals surface area contributed by atoms with Gasteiger partial charge in [-0.1, -0.05) is 66.7 Å².